The summed E-state index contributed by atoms with van der Waals surface area (Å²) >= 11 is 0. The second-order valence-corrected chi connectivity index (χ2v) is 5.45. The highest BCUT2D eigenvalue weighted by Gasteiger charge is 2.18. The fourth-order valence-electron chi connectivity index (χ4n) is 2.37. The van der Waals surface area contributed by atoms with Crippen LogP contribution in [0.1, 0.15) is 51.6 Å². The van der Waals surface area contributed by atoms with Gasteiger partial charge in [0.2, 0.25) is 0 Å². The van der Waals surface area contributed by atoms with Gasteiger partial charge in [-0.1, -0.05) is 43.2 Å². The molecule has 0 fully saturated rings. The maximum absolute atomic E-state index is 12.4. The third-order valence-corrected chi connectivity index (χ3v) is 3.60. The molecule has 0 aliphatic heterocycles. The fraction of sp³-hybridized carbons (Fsp3) is 0.263. The summed E-state index contributed by atoms with van der Waals surface area (Å²) in [4.78, 5) is 23.6. The van der Waals surface area contributed by atoms with Crippen LogP contribution in [-0.4, -0.2) is 17.0 Å². The quantitative estimate of drug-likeness (QED) is 0.639. The lowest BCUT2D eigenvalue weighted by molar-refractivity contribution is 0.0667. The van der Waals surface area contributed by atoms with Gasteiger partial charge in [0, 0.05) is 0 Å². The fourth-order valence-corrected chi connectivity index (χ4v) is 2.37. The molecule has 2 aromatic rings. The lowest BCUT2D eigenvalue weighted by Crippen LogP contribution is -2.14. The highest BCUT2D eigenvalue weighted by atomic mass is 16.5. The molecule has 0 spiro atoms. The maximum Gasteiger partial charge on any atom is 0.344 e. The van der Waals surface area contributed by atoms with Crippen LogP contribution in [0.25, 0.3) is 0 Å². The summed E-state index contributed by atoms with van der Waals surface area (Å²) in [5, 5.41) is 9.18. The Morgan fingerprint density at radius 1 is 1.09 bits per heavy atom. The summed E-state index contributed by atoms with van der Waals surface area (Å²) in [7, 11) is 0. The van der Waals surface area contributed by atoms with Gasteiger partial charge in [0.25, 0.3) is 0 Å². The Bertz CT molecular complexity index is 719. The first kappa shape index (κ1) is 16.7. The second-order valence-electron chi connectivity index (χ2n) is 5.45. The van der Waals surface area contributed by atoms with Crippen molar-refractivity contribution in [2.24, 2.45) is 0 Å². The number of esters is 1. The number of unbranched alkanes of at least 4 members (excludes halogenated alkanes) is 1. The molecular formula is C19H20O4. The van der Waals surface area contributed by atoms with Gasteiger partial charge in [0.05, 0.1) is 11.1 Å². The summed E-state index contributed by atoms with van der Waals surface area (Å²) in [6.07, 6.45) is 2.87. The number of benzene rings is 2. The number of carbonyl (C=O) groups excluding carboxylic acids is 1. The molecule has 0 saturated heterocycles. The van der Waals surface area contributed by atoms with E-state index in [1.807, 2.05) is 19.1 Å². The average molecular weight is 312 g/mol. The molecule has 0 unspecified atom stereocenters. The predicted octanol–water partition coefficient (Wildman–Crippen LogP) is 4.26. The van der Waals surface area contributed by atoms with E-state index in [1.165, 1.54) is 12.1 Å². The van der Waals surface area contributed by atoms with Crippen LogP contribution in [0.4, 0.5) is 0 Å². The highest BCUT2D eigenvalue weighted by molar-refractivity contribution is 6.03. The van der Waals surface area contributed by atoms with Crippen molar-refractivity contribution < 1.29 is 19.4 Å². The monoisotopic (exact) mass is 312 g/mol. The van der Waals surface area contributed by atoms with Crippen molar-refractivity contribution in [3.05, 3.63) is 64.7 Å². The zero-order valence-electron chi connectivity index (χ0n) is 13.3. The summed E-state index contributed by atoms with van der Waals surface area (Å²) in [5.74, 6) is -1.30. The summed E-state index contributed by atoms with van der Waals surface area (Å²) < 4.78 is 5.47. The van der Waals surface area contributed by atoms with Crippen molar-refractivity contribution in [3.8, 4) is 5.75 Å². The molecule has 4 nitrogen and oxygen atoms in total. The first-order valence-corrected chi connectivity index (χ1v) is 7.67. The van der Waals surface area contributed by atoms with Gasteiger partial charge in [-0.3, -0.25) is 0 Å². The molecule has 2 aromatic carbocycles. The molecule has 0 aliphatic rings. The van der Waals surface area contributed by atoms with E-state index in [2.05, 4.69) is 6.92 Å². The van der Waals surface area contributed by atoms with Crippen LogP contribution >= 0.6 is 0 Å². The number of rotatable bonds is 6. The Labute approximate surface area is 135 Å². The minimum atomic E-state index is -1.15. The van der Waals surface area contributed by atoms with E-state index in [4.69, 9.17) is 4.74 Å². The van der Waals surface area contributed by atoms with Crippen molar-refractivity contribution in [2.45, 2.75) is 33.1 Å². The molecule has 2 rings (SSSR count). The van der Waals surface area contributed by atoms with E-state index in [0.717, 1.165) is 30.4 Å². The number of carboxylic acids is 1. The third-order valence-electron chi connectivity index (χ3n) is 3.60. The van der Waals surface area contributed by atoms with Crippen molar-refractivity contribution >= 4 is 11.9 Å². The van der Waals surface area contributed by atoms with Crippen LogP contribution in [0.2, 0.25) is 0 Å². The largest absolute Gasteiger partial charge is 0.478 e. The standard InChI is InChI=1S/C19H20O4/c1-3-4-7-14-12-13(2)10-11-17(14)23-19(22)16-9-6-5-8-15(16)18(20)21/h5-6,8-12H,3-4,7H2,1-2H3,(H,20,21). The molecule has 0 amide bonds. The smallest absolute Gasteiger partial charge is 0.344 e. The van der Waals surface area contributed by atoms with E-state index in [0.29, 0.717) is 5.75 Å². The predicted molar refractivity (Wildman–Crippen MR) is 88.2 cm³/mol. The number of aryl methyl sites for hydroxylation is 2. The molecule has 4 heteroatoms. The Morgan fingerprint density at radius 2 is 1.78 bits per heavy atom. The van der Waals surface area contributed by atoms with Crippen LogP contribution in [0.15, 0.2) is 42.5 Å². The first-order valence-electron chi connectivity index (χ1n) is 7.67. The number of ether oxygens (including phenoxy) is 1. The minimum Gasteiger partial charge on any atom is -0.478 e. The van der Waals surface area contributed by atoms with Crippen LogP contribution in [0.3, 0.4) is 0 Å². The number of carbonyl (C=O) groups is 2. The molecule has 0 bridgehead atoms. The van der Waals surface area contributed by atoms with Crippen LogP contribution < -0.4 is 4.74 Å². The zero-order valence-corrected chi connectivity index (χ0v) is 13.3. The Balaban J connectivity index is 2.29. The number of carboxylic acid groups (broad SMARTS) is 1. The topological polar surface area (TPSA) is 63.6 Å². The molecule has 0 aliphatic carbocycles. The molecule has 0 heterocycles. The lowest BCUT2D eigenvalue weighted by Gasteiger charge is -2.12. The number of hydrogen-bond donors (Lipinski definition) is 1. The SMILES string of the molecule is CCCCc1cc(C)ccc1OC(=O)c1ccccc1C(=O)O. The lowest BCUT2D eigenvalue weighted by atomic mass is 10.0. The molecule has 0 atom stereocenters. The molecule has 0 saturated carbocycles. The van der Waals surface area contributed by atoms with Crippen molar-refractivity contribution in [1.82, 2.24) is 0 Å². The van der Waals surface area contributed by atoms with Gasteiger partial charge in [-0.15, -0.1) is 0 Å². The molecule has 1 N–H and O–H groups in total. The molecule has 0 radical (unpaired) electrons. The normalized spacial score (nSPS) is 10.3. The summed E-state index contributed by atoms with van der Waals surface area (Å²) in [6, 6.07) is 11.7. The van der Waals surface area contributed by atoms with Gasteiger partial charge < -0.3 is 9.84 Å². The van der Waals surface area contributed by atoms with E-state index in [9.17, 15) is 14.7 Å². The summed E-state index contributed by atoms with van der Waals surface area (Å²) in [6.45, 7) is 4.09. The molecular weight excluding hydrogens is 292 g/mol. The van der Waals surface area contributed by atoms with Gasteiger partial charge in [-0.25, -0.2) is 9.59 Å². The van der Waals surface area contributed by atoms with Gasteiger partial charge in [0.15, 0.2) is 0 Å². The highest BCUT2D eigenvalue weighted by Crippen LogP contribution is 2.24. The van der Waals surface area contributed by atoms with Crippen LogP contribution in [-0.2, 0) is 6.42 Å². The summed E-state index contributed by atoms with van der Waals surface area (Å²) in [5.41, 5.74) is 2.07. The Hall–Kier alpha value is -2.62. The van der Waals surface area contributed by atoms with Crippen molar-refractivity contribution in [3.63, 3.8) is 0 Å². The first-order chi connectivity index (χ1) is 11.0. The second kappa shape index (κ2) is 7.58. The van der Waals surface area contributed by atoms with E-state index >= 15 is 0 Å². The van der Waals surface area contributed by atoms with Crippen LogP contribution in [0.5, 0.6) is 5.75 Å². The minimum absolute atomic E-state index is 0.0558. The molecule has 0 aromatic heterocycles. The number of aromatic carboxylic acids is 1. The average Bonchev–Trinajstić information content (AvgIpc) is 2.54. The van der Waals surface area contributed by atoms with Crippen molar-refractivity contribution in [2.75, 3.05) is 0 Å². The maximum atomic E-state index is 12.4. The van der Waals surface area contributed by atoms with Crippen LogP contribution in [0, 0.1) is 6.92 Å². The van der Waals surface area contributed by atoms with Gasteiger partial charge in [-0.05, 0) is 43.5 Å². The van der Waals surface area contributed by atoms with E-state index in [-0.39, 0.29) is 11.1 Å². The molecule has 120 valence electrons. The van der Waals surface area contributed by atoms with Crippen molar-refractivity contribution in [1.29, 1.82) is 0 Å². The number of hydrogen-bond acceptors (Lipinski definition) is 3. The Kier molecular flexibility index (Phi) is 5.52. The molecule has 23 heavy (non-hydrogen) atoms. The van der Waals surface area contributed by atoms with E-state index < -0.39 is 11.9 Å². The van der Waals surface area contributed by atoms with Gasteiger partial charge in [0.1, 0.15) is 5.75 Å². The zero-order chi connectivity index (χ0) is 16.8. The van der Waals surface area contributed by atoms with Gasteiger partial charge in [-0.2, -0.15) is 0 Å². The Morgan fingerprint density at radius 3 is 2.43 bits per heavy atom. The van der Waals surface area contributed by atoms with Gasteiger partial charge >= 0.3 is 11.9 Å². The third kappa shape index (κ3) is 4.19. The van der Waals surface area contributed by atoms with E-state index in [1.54, 1.807) is 18.2 Å².